The van der Waals surface area contributed by atoms with Gasteiger partial charge in [0.15, 0.2) is 0 Å². The monoisotopic (exact) mass is 364 g/mol. The second-order valence-electron chi connectivity index (χ2n) is 5.94. The van der Waals surface area contributed by atoms with Crippen LogP contribution in [0.1, 0.15) is 17.3 Å². The number of aromatic nitrogens is 2. The van der Waals surface area contributed by atoms with Gasteiger partial charge in [0, 0.05) is 5.56 Å². The third-order valence-electron chi connectivity index (χ3n) is 4.10. The molecule has 0 spiro atoms. The summed E-state index contributed by atoms with van der Waals surface area (Å²) in [5.74, 6) is -0.848. The SMILES string of the molecule is COC(=O)C(C)NC(=O)c1c(-c2ccccc2)nn(-c2ccccc2)c1N. The average Bonchev–Trinajstić information content (AvgIpc) is 3.05. The maximum Gasteiger partial charge on any atom is 0.328 e. The number of nitrogen functional groups attached to an aromatic ring is 1. The first-order chi connectivity index (χ1) is 13.0. The lowest BCUT2D eigenvalue weighted by Gasteiger charge is -2.12. The average molecular weight is 364 g/mol. The van der Waals surface area contributed by atoms with E-state index in [2.05, 4.69) is 15.2 Å². The van der Waals surface area contributed by atoms with Gasteiger partial charge in [0.05, 0.1) is 12.8 Å². The molecule has 0 aliphatic carbocycles. The standard InChI is InChI=1S/C20H20N4O3/c1-13(20(26)27-2)22-19(25)16-17(14-9-5-3-6-10-14)23-24(18(16)21)15-11-7-4-8-12-15/h3-13H,21H2,1-2H3,(H,22,25). The van der Waals surface area contributed by atoms with Crippen molar-refractivity contribution in [2.24, 2.45) is 0 Å². The van der Waals surface area contributed by atoms with Crippen molar-refractivity contribution >= 4 is 17.7 Å². The smallest absolute Gasteiger partial charge is 0.328 e. The van der Waals surface area contributed by atoms with Crippen molar-refractivity contribution in [3.8, 4) is 16.9 Å². The van der Waals surface area contributed by atoms with E-state index in [1.165, 1.54) is 11.8 Å². The fourth-order valence-corrected chi connectivity index (χ4v) is 2.72. The molecule has 0 aliphatic heterocycles. The summed E-state index contributed by atoms with van der Waals surface area (Å²) in [5.41, 5.74) is 8.40. The molecule has 1 heterocycles. The Morgan fingerprint density at radius 1 is 1.07 bits per heavy atom. The van der Waals surface area contributed by atoms with Crippen LogP contribution in [0.3, 0.4) is 0 Å². The van der Waals surface area contributed by atoms with Crippen LogP contribution in [-0.4, -0.2) is 34.8 Å². The van der Waals surface area contributed by atoms with Crippen molar-refractivity contribution in [1.29, 1.82) is 0 Å². The van der Waals surface area contributed by atoms with Crippen LogP contribution in [0.5, 0.6) is 0 Å². The summed E-state index contributed by atoms with van der Waals surface area (Å²) in [6.07, 6.45) is 0. The highest BCUT2D eigenvalue weighted by atomic mass is 16.5. The zero-order valence-corrected chi connectivity index (χ0v) is 15.0. The highest BCUT2D eigenvalue weighted by Gasteiger charge is 2.26. The molecular formula is C20H20N4O3. The minimum absolute atomic E-state index is 0.189. The molecule has 0 saturated carbocycles. The lowest BCUT2D eigenvalue weighted by molar-refractivity contribution is -0.142. The minimum Gasteiger partial charge on any atom is -0.467 e. The number of methoxy groups -OCH3 is 1. The summed E-state index contributed by atoms with van der Waals surface area (Å²) in [5, 5.41) is 7.17. The largest absolute Gasteiger partial charge is 0.467 e. The van der Waals surface area contributed by atoms with Crippen molar-refractivity contribution in [1.82, 2.24) is 15.1 Å². The van der Waals surface area contributed by atoms with Gasteiger partial charge in [-0.15, -0.1) is 0 Å². The number of para-hydroxylation sites is 1. The maximum absolute atomic E-state index is 12.9. The van der Waals surface area contributed by atoms with E-state index in [9.17, 15) is 9.59 Å². The molecule has 0 saturated heterocycles. The molecule has 1 unspecified atom stereocenters. The number of esters is 1. The molecule has 1 amide bonds. The second-order valence-corrected chi connectivity index (χ2v) is 5.94. The molecule has 27 heavy (non-hydrogen) atoms. The Bertz CT molecular complexity index is 952. The highest BCUT2D eigenvalue weighted by Crippen LogP contribution is 2.29. The zero-order chi connectivity index (χ0) is 19.4. The predicted octanol–water partition coefficient (Wildman–Crippen LogP) is 2.41. The summed E-state index contributed by atoms with van der Waals surface area (Å²) in [4.78, 5) is 24.5. The Balaban J connectivity index is 2.09. The number of hydrogen-bond donors (Lipinski definition) is 2. The number of nitrogens with one attached hydrogen (secondary N) is 1. The van der Waals surface area contributed by atoms with E-state index in [4.69, 9.17) is 5.73 Å². The molecule has 138 valence electrons. The van der Waals surface area contributed by atoms with E-state index >= 15 is 0 Å². The number of carbonyl (C=O) groups is 2. The van der Waals surface area contributed by atoms with E-state index in [0.717, 1.165) is 11.3 Å². The van der Waals surface area contributed by atoms with Crippen LogP contribution in [-0.2, 0) is 9.53 Å². The van der Waals surface area contributed by atoms with E-state index in [0.29, 0.717) is 5.69 Å². The van der Waals surface area contributed by atoms with Crippen LogP contribution in [0.2, 0.25) is 0 Å². The predicted molar refractivity (Wildman–Crippen MR) is 102 cm³/mol. The van der Waals surface area contributed by atoms with Crippen LogP contribution >= 0.6 is 0 Å². The Kier molecular flexibility index (Phi) is 5.21. The van der Waals surface area contributed by atoms with E-state index in [-0.39, 0.29) is 11.4 Å². The van der Waals surface area contributed by atoms with Gasteiger partial charge in [0.25, 0.3) is 5.91 Å². The van der Waals surface area contributed by atoms with E-state index in [1.807, 2.05) is 60.7 Å². The van der Waals surface area contributed by atoms with E-state index in [1.54, 1.807) is 6.92 Å². The van der Waals surface area contributed by atoms with Gasteiger partial charge in [0.1, 0.15) is 23.1 Å². The molecule has 0 aliphatic rings. The lowest BCUT2D eigenvalue weighted by atomic mass is 10.1. The molecular weight excluding hydrogens is 344 g/mol. The Morgan fingerprint density at radius 3 is 2.26 bits per heavy atom. The van der Waals surface area contributed by atoms with Crippen LogP contribution < -0.4 is 11.1 Å². The maximum atomic E-state index is 12.9. The number of carbonyl (C=O) groups excluding carboxylic acids is 2. The van der Waals surface area contributed by atoms with Gasteiger partial charge < -0.3 is 15.8 Å². The quantitative estimate of drug-likeness (QED) is 0.677. The number of nitrogens with two attached hydrogens (primary N) is 1. The Morgan fingerprint density at radius 2 is 1.67 bits per heavy atom. The number of anilines is 1. The zero-order valence-electron chi connectivity index (χ0n) is 15.0. The van der Waals surface area contributed by atoms with Crippen molar-refractivity contribution < 1.29 is 14.3 Å². The molecule has 3 rings (SSSR count). The van der Waals surface area contributed by atoms with Crippen LogP contribution in [0.4, 0.5) is 5.82 Å². The molecule has 0 bridgehead atoms. The third-order valence-corrected chi connectivity index (χ3v) is 4.10. The lowest BCUT2D eigenvalue weighted by Crippen LogP contribution is -2.39. The number of benzene rings is 2. The molecule has 3 N–H and O–H groups in total. The van der Waals surface area contributed by atoms with Crippen molar-refractivity contribution in [3.63, 3.8) is 0 Å². The number of ether oxygens (including phenoxy) is 1. The summed E-state index contributed by atoms with van der Waals surface area (Å²) in [6.45, 7) is 1.55. The van der Waals surface area contributed by atoms with Crippen LogP contribution in [0.15, 0.2) is 60.7 Å². The summed E-state index contributed by atoms with van der Waals surface area (Å²) >= 11 is 0. The molecule has 0 fully saturated rings. The third kappa shape index (κ3) is 3.67. The molecule has 1 aromatic heterocycles. The first-order valence-electron chi connectivity index (χ1n) is 8.41. The Labute approximate surface area is 156 Å². The van der Waals surface area contributed by atoms with E-state index < -0.39 is 17.9 Å². The second kappa shape index (κ2) is 7.74. The summed E-state index contributed by atoms with van der Waals surface area (Å²) < 4.78 is 6.18. The molecule has 1 atom stereocenters. The number of hydrogen-bond acceptors (Lipinski definition) is 5. The van der Waals surface area contributed by atoms with Gasteiger partial charge in [-0.1, -0.05) is 48.5 Å². The minimum atomic E-state index is -0.814. The summed E-state index contributed by atoms with van der Waals surface area (Å²) in [6, 6.07) is 17.7. The first kappa shape index (κ1) is 18.2. The van der Waals surface area contributed by atoms with Gasteiger partial charge >= 0.3 is 5.97 Å². The van der Waals surface area contributed by atoms with Crippen molar-refractivity contribution in [2.45, 2.75) is 13.0 Å². The number of rotatable bonds is 5. The molecule has 7 heteroatoms. The Hall–Kier alpha value is -3.61. The van der Waals surface area contributed by atoms with Gasteiger partial charge in [0.2, 0.25) is 0 Å². The number of nitrogens with zero attached hydrogens (tertiary/aromatic N) is 2. The van der Waals surface area contributed by atoms with Crippen LogP contribution in [0.25, 0.3) is 16.9 Å². The normalized spacial score (nSPS) is 11.6. The molecule has 3 aromatic rings. The van der Waals surface area contributed by atoms with Crippen molar-refractivity contribution in [2.75, 3.05) is 12.8 Å². The molecule has 2 aromatic carbocycles. The van der Waals surface area contributed by atoms with Gasteiger partial charge in [-0.2, -0.15) is 5.10 Å². The van der Waals surface area contributed by atoms with Gasteiger partial charge in [-0.3, -0.25) is 4.79 Å². The van der Waals surface area contributed by atoms with Gasteiger partial charge in [-0.25, -0.2) is 9.48 Å². The fourth-order valence-electron chi connectivity index (χ4n) is 2.72. The molecule has 0 radical (unpaired) electrons. The highest BCUT2D eigenvalue weighted by molar-refractivity contribution is 6.05. The number of amides is 1. The van der Waals surface area contributed by atoms with Crippen LogP contribution in [0, 0.1) is 0 Å². The van der Waals surface area contributed by atoms with Gasteiger partial charge in [-0.05, 0) is 19.1 Å². The fraction of sp³-hybridized carbons (Fsp3) is 0.150. The van der Waals surface area contributed by atoms with Crippen molar-refractivity contribution in [3.05, 3.63) is 66.2 Å². The molecule has 7 nitrogen and oxygen atoms in total. The topological polar surface area (TPSA) is 99.2 Å². The summed E-state index contributed by atoms with van der Waals surface area (Å²) in [7, 11) is 1.27. The first-order valence-corrected chi connectivity index (χ1v) is 8.41.